The average Bonchev–Trinajstić information content (AvgIpc) is 2.87. The number of aryl methyl sites for hydroxylation is 3. The molecule has 9 heteroatoms. The largest absolute Gasteiger partial charge is 0.405 e. The number of benzene rings is 3. The van der Waals surface area contributed by atoms with Gasteiger partial charge in [-0.15, -0.1) is 0 Å². The Morgan fingerprint density at radius 2 is 1.62 bits per heavy atom. The molecule has 0 aliphatic carbocycles. The van der Waals surface area contributed by atoms with Crippen molar-refractivity contribution in [1.29, 1.82) is 5.26 Å². The molecule has 0 amide bonds. The Bertz CT molecular complexity index is 1580. The lowest BCUT2D eigenvalue weighted by molar-refractivity contribution is 0.595. The molecule has 0 fully saturated rings. The number of hydrogen-bond donors (Lipinski definition) is 2. The van der Waals surface area contributed by atoms with E-state index in [1.165, 1.54) is 16.7 Å². The van der Waals surface area contributed by atoms with Gasteiger partial charge in [-0.1, -0.05) is 17.7 Å². The lowest BCUT2D eigenvalue weighted by atomic mass is 10.0. The number of nitrogens with one attached hydrogen (secondary N) is 1. The van der Waals surface area contributed by atoms with Crippen LogP contribution in [-0.2, 0) is 10.0 Å². The zero-order valence-corrected chi connectivity index (χ0v) is 21.5. The van der Waals surface area contributed by atoms with Gasteiger partial charge in [0.2, 0.25) is 5.95 Å². The van der Waals surface area contributed by atoms with Gasteiger partial charge < -0.3 is 11.1 Å². The number of nitrogens with two attached hydrogens (primary N) is 1. The first-order valence-corrected chi connectivity index (χ1v) is 12.9. The van der Waals surface area contributed by atoms with Crippen LogP contribution in [0.3, 0.4) is 0 Å². The fourth-order valence-electron chi connectivity index (χ4n) is 3.97. The molecule has 3 N–H and O–H groups in total. The van der Waals surface area contributed by atoms with Crippen molar-refractivity contribution in [2.75, 3.05) is 9.62 Å². The number of nitrogens with zero attached hydrogens (tertiary/aromatic N) is 4. The SMILES string of the molecule is Cc1ccc(S(=O)(=O)N(c2ccnc(Nc3ccc(C#N)cc3)n2)c2c(C)cc(/C=C/N)cc2C)cc1. The second kappa shape index (κ2) is 10.5. The second-order valence-corrected chi connectivity index (χ2v) is 10.3. The normalized spacial score (nSPS) is 11.3. The highest BCUT2D eigenvalue weighted by Gasteiger charge is 2.30. The molecule has 0 saturated carbocycles. The van der Waals surface area contributed by atoms with E-state index in [2.05, 4.69) is 21.4 Å². The van der Waals surface area contributed by atoms with Crippen molar-refractivity contribution in [3.63, 3.8) is 0 Å². The van der Waals surface area contributed by atoms with Gasteiger partial charge in [0.05, 0.1) is 22.2 Å². The first-order chi connectivity index (χ1) is 17.7. The first-order valence-electron chi connectivity index (χ1n) is 11.4. The summed E-state index contributed by atoms with van der Waals surface area (Å²) in [6.45, 7) is 5.60. The van der Waals surface area contributed by atoms with Crippen molar-refractivity contribution in [2.24, 2.45) is 5.73 Å². The van der Waals surface area contributed by atoms with E-state index in [4.69, 9.17) is 11.0 Å². The zero-order chi connectivity index (χ0) is 26.6. The van der Waals surface area contributed by atoms with Gasteiger partial charge in [-0.05, 0) is 98.3 Å². The molecule has 0 unspecified atom stereocenters. The van der Waals surface area contributed by atoms with Gasteiger partial charge in [0.15, 0.2) is 5.82 Å². The van der Waals surface area contributed by atoms with E-state index >= 15 is 0 Å². The summed E-state index contributed by atoms with van der Waals surface area (Å²) in [7, 11) is -4.06. The Balaban J connectivity index is 1.86. The number of anilines is 4. The van der Waals surface area contributed by atoms with Crippen LogP contribution in [0.25, 0.3) is 6.08 Å². The molecule has 0 aliphatic heterocycles. The number of sulfonamides is 1. The first kappa shape index (κ1) is 25.4. The summed E-state index contributed by atoms with van der Waals surface area (Å²) < 4.78 is 29.4. The van der Waals surface area contributed by atoms with E-state index in [0.717, 1.165) is 22.3 Å². The van der Waals surface area contributed by atoms with Crippen molar-refractivity contribution in [1.82, 2.24) is 9.97 Å². The molecule has 4 rings (SSSR count). The molecule has 0 saturated heterocycles. The molecule has 1 heterocycles. The minimum absolute atomic E-state index is 0.142. The molecule has 1 aromatic heterocycles. The molecule has 0 spiro atoms. The van der Waals surface area contributed by atoms with Gasteiger partial charge in [0.25, 0.3) is 10.0 Å². The third-order valence-corrected chi connectivity index (χ3v) is 7.40. The Morgan fingerprint density at radius 3 is 2.22 bits per heavy atom. The predicted octanol–water partition coefficient (Wildman–Crippen LogP) is 5.47. The van der Waals surface area contributed by atoms with Gasteiger partial charge in [0.1, 0.15) is 0 Å². The van der Waals surface area contributed by atoms with Crippen molar-refractivity contribution < 1.29 is 8.42 Å². The fourth-order valence-corrected chi connectivity index (χ4v) is 5.54. The summed E-state index contributed by atoms with van der Waals surface area (Å²) in [5, 5.41) is 12.1. The zero-order valence-electron chi connectivity index (χ0n) is 20.7. The number of hydrogen-bond acceptors (Lipinski definition) is 7. The Labute approximate surface area is 216 Å². The lowest BCUT2D eigenvalue weighted by Gasteiger charge is -2.27. The van der Waals surface area contributed by atoms with Crippen LogP contribution in [-0.4, -0.2) is 18.4 Å². The van der Waals surface area contributed by atoms with Gasteiger partial charge in [-0.2, -0.15) is 10.2 Å². The molecule has 0 atom stereocenters. The number of aromatic nitrogens is 2. The molecule has 0 bridgehead atoms. The highest BCUT2D eigenvalue weighted by Crippen LogP contribution is 2.37. The average molecular weight is 511 g/mol. The van der Waals surface area contributed by atoms with Gasteiger partial charge in [-0.25, -0.2) is 17.7 Å². The summed E-state index contributed by atoms with van der Waals surface area (Å²) >= 11 is 0. The van der Waals surface area contributed by atoms with E-state index in [0.29, 0.717) is 16.9 Å². The standard InChI is InChI=1S/C28H26N6O2S/c1-19-4-10-25(11-5-19)37(35,36)34(27-20(2)16-23(12-14-29)17-21(27)3)26-13-15-31-28(33-26)32-24-8-6-22(18-30)7-9-24/h4-17H,29H2,1-3H3,(H,31,32,33)/b14-12+. The topological polar surface area (TPSA) is 125 Å². The van der Waals surface area contributed by atoms with Crippen molar-refractivity contribution >= 4 is 39.2 Å². The Hall–Kier alpha value is -4.68. The summed E-state index contributed by atoms with van der Waals surface area (Å²) in [5.74, 6) is 0.393. The smallest absolute Gasteiger partial charge is 0.269 e. The lowest BCUT2D eigenvalue weighted by Crippen LogP contribution is -2.29. The quantitative estimate of drug-likeness (QED) is 0.337. The molecule has 3 aromatic carbocycles. The van der Waals surface area contributed by atoms with Crippen LogP contribution in [0, 0.1) is 32.1 Å². The molecule has 4 aromatic rings. The monoisotopic (exact) mass is 510 g/mol. The maximum atomic E-state index is 14.1. The van der Waals surface area contributed by atoms with Crippen LogP contribution >= 0.6 is 0 Å². The number of rotatable bonds is 7. The van der Waals surface area contributed by atoms with Crippen LogP contribution in [0.2, 0.25) is 0 Å². The summed E-state index contributed by atoms with van der Waals surface area (Å²) in [4.78, 5) is 8.98. The van der Waals surface area contributed by atoms with Gasteiger partial charge in [0, 0.05) is 18.0 Å². The number of nitriles is 1. The Kier molecular flexibility index (Phi) is 7.22. The second-order valence-electron chi connectivity index (χ2n) is 8.50. The molecule has 37 heavy (non-hydrogen) atoms. The highest BCUT2D eigenvalue weighted by atomic mass is 32.2. The predicted molar refractivity (Wildman–Crippen MR) is 146 cm³/mol. The summed E-state index contributed by atoms with van der Waals surface area (Å²) in [6.07, 6.45) is 4.70. The van der Waals surface area contributed by atoms with E-state index in [1.54, 1.807) is 60.7 Å². The van der Waals surface area contributed by atoms with Crippen LogP contribution in [0.1, 0.15) is 27.8 Å². The van der Waals surface area contributed by atoms with Crippen molar-refractivity contribution in [2.45, 2.75) is 25.7 Å². The van der Waals surface area contributed by atoms with E-state index in [1.807, 2.05) is 32.9 Å². The molecule has 186 valence electrons. The van der Waals surface area contributed by atoms with E-state index in [9.17, 15) is 8.42 Å². The summed E-state index contributed by atoms with van der Waals surface area (Å²) in [5.41, 5.74) is 10.5. The fraction of sp³-hybridized carbons (Fsp3) is 0.107. The molecule has 0 aliphatic rings. The van der Waals surface area contributed by atoms with E-state index in [-0.39, 0.29) is 16.7 Å². The van der Waals surface area contributed by atoms with Crippen LogP contribution in [0.4, 0.5) is 23.1 Å². The van der Waals surface area contributed by atoms with Crippen LogP contribution in [0.5, 0.6) is 0 Å². The third kappa shape index (κ3) is 5.44. The van der Waals surface area contributed by atoms with Gasteiger partial charge >= 0.3 is 0 Å². The maximum absolute atomic E-state index is 14.1. The molecular formula is C28H26N6O2S. The maximum Gasteiger partial charge on any atom is 0.269 e. The van der Waals surface area contributed by atoms with Crippen LogP contribution in [0.15, 0.2) is 84.0 Å². The molecule has 8 nitrogen and oxygen atoms in total. The third-order valence-electron chi connectivity index (χ3n) is 5.68. The molecular weight excluding hydrogens is 484 g/mol. The summed E-state index contributed by atoms with van der Waals surface area (Å²) in [6, 6.07) is 20.9. The minimum Gasteiger partial charge on any atom is -0.405 e. The van der Waals surface area contributed by atoms with E-state index < -0.39 is 10.0 Å². The molecule has 0 radical (unpaired) electrons. The van der Waals surface area contributed by atoms with Crippen LogP contribution < -0.4 is 15.4 Å². The Morgan fingerprint density at radius 1 is 0.973 bits per heavy atom. The van der Waals surface area contributed by atoms with Crippen molar-refractivity contribution in [3.8, 4) is 6.07 Å². The highest BCUT2D eigenvalue weighted by molar-refractivity contribution is 7.93. The van der Waals surface area contributed by atoms with Crippen molar-refractivity contribution in [3.05, 3.63) is 107 Å². The minimum atomic E-state index is -4.06. The van der Waals surface area contributed by atoms with Gasteiger partial charge in [-0.3, -0.25) is 0 Å².